The first kappa shape index (κ1) is 24.2. The Balaban J connectivity index is 0.00000364. The smallest absolute Gasteiger partial charge is 0.213 e. The predicted molar refractivity (Wildman–Crippen MR) is 120 cm³/mol. The molecule has 156 valence electrons. The Morgan fingerprint density at radius 3 is 2.59 bits per heavy atom. The fraction of sp³-hybridized carbons (Fsp3) is 0.765. The molecule has 0 unspecified atom stereocenters. The molecule has 0 bridgehead atoms. The number of unbranched alkanes of at least 4 members (excludes halogenated alkanes) is 1. The number of hydrogen-bond acceptors (Lipinski definition) is 4. The molecule has 1 aliphatic heterocycles. The summed E-state index contributed by atoms with van der Waals surface area (Å²) in [4.78, 5) is 8.50. The van der Waals surface area contributed by atoms with Crippen molar-refractivity contribution in [1.29, 1.82) is 0 Å². The van der Waals surface area contributed by atoms with E-state index in [1.807, 2.05) is 19.3 Å². The molecule has 2 N–H and O–H groups in total. The molecule has 0 aromatic carbocycles. The van der Waals surface area contributed by atoms with Gasteiger partial charge in [0.1, 0.15) is 5.82 Å². The second-order valence-electron chi connectivity index (χ2n) is 6.59. The number of guanidine groups is 1. The van der Waals surface area contributed by atoms with Crippen molar-refractivity contribution in [3.8, 4) is 0 Å². The lowest BCUT2D eigenvalue weighted by Gasteiger charge is -2.32. The van der Waals surface area contributed by atoms with Crippen molar-refractivity contribution in [2.45, 2.75) is 52.1 Å². The number of aryl methyl sites for hydroxylation is 2. The lowest BCUT2D eigenvalue weighted by Crippen LogP contribution is -2.50. The number of nitrogens with zero attached hydrogens (tertiary/aromatic N) is 4. The number of rotatable bonds is 8. The molecule has 0 saturated carbocycles. The zero-order chi connectivity index (χ0) is 19.0. The molecule has 0 radical (unpaired) electrons. The van der Waals surface area contributed by atoms with Gasteiger partial charge < -0.3 is 15.2 Å². The molecule has 0 spiro atoms. The van der Waals surface area contributed by atoms with Crippen LogP contribution in [0.2, 0.25) is 0 Å². The van der Waals surface area contributed by atoms with Crippen LogP contribution >= 0.6 is 24.0 Å². The van der Waals surface area contributed by atoms with Crippen molar-refractivity contribution in [2.24, 2.45) is 4.99 Å². The van der Waals surface area contributed by atoms with Gasteiger partial charge in [0.2, 0.25) is 10.0 Å². The Kier molecular flexibility index (Phi) is 10.6. The monoisotopic (exact) mass is 512 g/mol. The van der Waals surface area contributed by atoms with Crippen LogP contribution in [0.1, 0.15) is 38.4 Å². The predicted octanol–water partition coefficient (Wildman–Crippen LogP) is 1.57. The molecule has 1 aliphatic rings. The van der Waals surface area contributed by atoms with E-state index in [4.69, 9.17) is 0 Å². The van der Waals surface area contributed by atoms with Gasteiger partial charge in [0.25, 0.3) is 0 Å². The topological polar surface area (TPSA) is 91.6 Å². The first-order chi connectivity index (χ1) is 12.5. The van der Waals surface area contributed by atoms with Gasteiger partial charge in [0, 0.05) is 51.7 Å². The van der Waals surface area contributed by atoms with Crippen LogP contribution in [0.4, 0.5) is 0 Å². The van der Waals surface area contributed by atoms with E-state index in [2.05, 4.69) is 25.2 Å². The van der Waals surface area contributed by atoms with Gasteiger partial charge in [-0.25, -0.2) is 17.7 Å². The molecule has 0 aliphatic carbocycles. The second kappa shape index (κ2) is 11.8. The Morgan fingerprint density at radius 2 is 2.04 bits per heavy atom. The zero-order valence-electron chi connectivity index (χ0n) is 16.5. The molecule has 1 aromatic rings. The van der Waals surface area contributed by atoms with Gasteiger partial charge in [0.05, 0.1) is 5.75 Å². The normalized spacial score (nSPS) is 16.8. The molecule has 0 atom stereocenters. The molecular weight excluding hydrogens is 479 g/mol. The maximum atomic E-state index is 11.9. The molecule has 1 fully saturated rings. The number of imidazole rings is 1. The number of hydrogen-bond donors (Lipinski definition) is 2. The summed E-state index contributed by atoms with van der Waals surface area (Å²) in [7, 11) is -1.30. The average molecular weight is 512 g/mol. The van der Waals surface area contributed by atoms with Crippen molar-refractivity contribution in [3.05, 3.63) is 18.2 Å². The van der Waals surface area contributed by atoms with E-state index in [0.29, 0.717) is 13.1 Å². The van der Waals surface area contributed by atoms with Crippen LogP contribution in [0.15, 0.2) is 17.4 Å². The van der Waals surface area contributed by atoms with Crippen molar-refractivity contribution in [2.75, 3.05) is 32.4 Å². The van der Waals surface area contributed by atoms with Crippen LogP contribution in [0.3, 0.4) is 0 Å². The maximum absolute atomic E-state index is 11.9. The number of aliphatic imine (C=N–C) groups is 1. The van der Waals surface area contributed by atoms with E-state index < -0.39 is 10.0 Å². The van der Waals surface area contributed by atoms with Crippen molar-refractivity contribution >= 4 is 40.0 Å². The van der Waals surface area contributed by atoms with E-state index in [9.17, 15) is 8.42 Å². The number of halogens is 1. The van der Waals surface area contributed by atoms with Gasteiger partial charge in [-0.1, -0.05) is 0 Å². The van der Waals surface area contributed by atoms with E-state index >= 15 is 0 Å². The lowest BCUT2D eigenvalue weighted by atomic mass is 10.1. The summed E-state index contributed by atoms with van der Waals surface area (Å²) in [5.41, 5.74) is 0. The second-order valence-corrected chi connectivity index (χ2v) is 8.85. The summed E-state index contributed by atoms with van der Waals surface area (Å²) in [5, 5.41) is 6.76. The van der Waals surface area contributed by atoms with Gasteiger partial charge in [-0.2, -0.15) is 0 Å². The van der Waals surface area contributed by atoms with Crippen LogP contribution in [0.5, 0.6) is 0 Å². The number of nitrogens with one attached hydrogen (secondary N) is 2. The molecule has 1 aromatic heterocycles. The van der Waals surface area contributed by atoms with E-state index in [0.717, 1.165) is 50.6 Å². The Morgan fingerprint density at radius 1 is 1.33 bits per heavy atom. The van der Waals surface area contributed by atoms with E-state index in [-0.39, 0.29) is 35.8 Å². The number of sulfonamides is 1. The summed E-state index contributed by atoms with van der Waals surface area (Å²) in [5.74, 6) is 2.01. The highest BCUT2D eigenvalue weighted by atomic mass is 127. The van der Waals surface area contributed by atoms with Crippen LogP contribution < -0.4 is 10.6 Å². The Bertz CT molecular complexity index is 683. The fourth-order valence-corrected chi connectivity index (χ4v) is 4.24. The molecule has 27 heavy (non-hydrogen) atoms. The van der Waals surface area contributed by atoms with Gasteiger partial charge in [0.15, 0.2) is 5.96 Å². The third kappa shape index (κ3) is 7.57. The molecule has 0 amide bonds. The summed E-state index contributed by atoms with van der Waals surface area (Å²) < 4.78 is 27.6. The highest BCUT2D eigenvalue weighted by Crippen LogP contribution is 2.14. The fourth-order valence-electron chi connectivity index (χ4n) is 3.10. The quantitative estimate of drug-likeness (QED) is 0.239. The minimum atomic E-state index is -3.07. The van der Waals surface area contributed by atoms with Gasteiger partial charge in [-0.3, -0.25) is 4.99 Å². The minimum absolute atomic E-state index is 0. The first-order valence-electron chi connectivity index (χ1n) is 9.39. The van der Waals surface area contributed by atoms with Gasteiger partial charge in [-0.05, 0) is 39.5 Å². The van der Waals surface area contributed by atoms with Crippen LogP contribution in [0, 0.1) is 6.92 Å². The van der Waals surface area contributed by atoms with E-state index in [1.165, 1.54) is 0 Å². The third-order valence-corrected chi connectivity index (χ3v) is 6.70. The third-order valence-electron chi connectivity index (χ3n) is 4.82. The molecule has 2 rings (SSSR count). The molecule has 2 heterocycles. The molecular formula is C17H33IN6O2S. The highest BCUT2D eigenvalue weighted by molar-refractivity contribution is 14.0. The van der Waals surface area contributed by atoms with Crippen molar-refractivity contribution in [3.63, 3.8) is 0 Å². The zero-order valence-corrected chi connectivity index (χ0v) is 19.7. The maximum Gasteiger partial charge on any atom is 0.213 e. The standard InChI is InChI=1S/C17H32N6O2S.HI/c1-4-26(24,25)23-12-7-16(8-13-23)21-17(18-3)20-9-5-6-11-22-14-10-19-15(22)2;/h10,14,16H,4-9,11-13H2,1-3H3,(H2,18,20,21);1H. The summed E-state index contributed by atoms with van der Waals surface area (Å²) in [6.07, 6.45) is 7.57. The summed E-state index contributed by atoms with van der Waals surface area (Å²) in [6.45, 7) is 6.70. The largest absolute Gasteiger partial charge is 0.356 e. The first-order valence-corrected chi connectivity index (χ1v) is 11.0. The van der Waals surface area contributed by atoms with Gasteiger partial charge in [-0.15, -0.1) is 24.0 Å². The number of aromatic nitrogens is 2. The highest BCUT2D eigenvalue weighted by Gasteiger charge is 2.26. The van der Waals surface area contributed by atoms with Gasteiger partial charge >= 0.3 is 0 Å². The summed E-state index contributed by atoms with van der Waals surface area (Å²) in [6, 6.07) is 0.262. The summed E-state index contributed by atoms with van der Waals surface area (Å²) >= 11 is 0. The van der Waals surface area contributed by atoms with Crippen molar-refractivity contribution in [1.82, 2.24) is 24.5 Å². The SMILES string of the molecule is CCS(=O)(=O)N1CCC(NC(=NC)NCCCCn2ccnc2C)CC1.I. The molecule has 10 heteroatoms. The number of piperidine rings is 1. The molecule has 8 nitrogen and oxygen atoms in total. The van der Waals surface area contributed by atoms with Crippen LogP contribution in [-0.2, 0) is 16.6 Å². The lowest BCUT2D eigenvalue weighted by molar-refractivity contribution is 0.306. The average Bonchev–Trinajstić information content (AvgIpc) is 3.05. The van der Waals surface area contributed by atoms with E-state index in [1.54, 1.807) is 18.3 Å². The Hall–Kier alpha value is -0.880. The Labute approximate surface area is 180 Å². The van der Waals surface area contributed by atoms with Crippen LogP contribution in [0.25, 0.3) is 0 Å². The molecule has 1 saturated heterocycles. The van der Waals surface area contributed by atoms with Crippen molar-refractivity contribution < 1.29 is 8.42 Å². The van der Waals surface area contributed by atoms with Crippen LogP contribution in [-0.4, -0.2) is 66.7 Å². The minimum Gasteiger partial charge on any atom is -0.356 e.